The minimum Gasteiger partial charge on any atom is -0.370 e. The first-order valence-electron chi connectivity index (χ1n) is 31.9. The second kappa shape index (κ2) is 37.0. The molecule has 0 radical (unpaired) electrons. The van der Waals surface area contributed by atoms with Crippen LogP contribution in [0.5, 0.6) is 0 Å². The highest BCUT2D eigenvalue weighted by Crippen LogP contribution is 2.34. The number of carbonyl (C=O) groups excluding carboxylic acids is 14. The number of amides is 7. The Hall–Kier alpha value is -7.64. The number of nitrogens with two attached hydrogens (primary N) is 2. The van der Waals surface area contributed by atoms with Gasteiger partial charge in [-0.25, -0.2) is 10.9 Å². The summed E-state index contributed by atoms with van der Waals surface area (Å²) in [6.07, 6.45) is 10.2. The number of nitrogens with one attached hydrogen (secondary N) is 9. The third-order valence-corrected chi connectivity index (χ3v) is 16.8. The SMILES string of the molecule is CC(=O)C[C@]1(C)CCCCCC/C=C/CCC[C@@](C)(C(=O)N[C@@H](C)C(=O)NC(C)C(=O)N[C@@H](C)C(=O)C(=O)[C@H](C)NN[C@H](C)C(=O)C[C@H](C)C(N)=O)NC(=O)[C@H](CC(C)C)CN[C@@H](CCC(N)=O)C(=O)C(=O)C(C)NC(=O)[C@H](Cc2c[nH]c3ccccc23)CC1=O. The summed E-state index contributed by atoms with van der Waals surface area (Å²) >= 11 is 0. The Bertz CT molecular complexity index is 2980. The molecule has 7 amide bonds. The summed E-state index contributed by atoms with van der Waals surface area (Å²) in [5, 5.41) is 17.0. The predicted molar refractivity (Wildman–Crippen MR) is 343 cm³/mol. The third-order valence-electron chi connectivity index (χ3n) is 16.8. The molecule has 12 atom stereocenters. The topological polar surface area (TPSA) is 403 Å². The van der Waals surface area contributed by atoms with Crippen molar-refractivity contribution >= 4 is 92.7 Å². The molecule has 504 valence electrons. The summed E-state index contributed by atoms with van der Waals surface area (Å²) in [5.41, 5.74) is 14.8. The molecule has 91 heavy (non-hydrogen) atoms. The van der Waals surface area contributed by atoms with E-state index < -0.39 is 135 Å². The van der Waals surface area contributed by atoms with Crippen LogP contribution in [0.25, 0.3) is 10.9 Å². The molecule has 1 aromatic heterocycles. The predicted octanol–water partition coefficient (Wildman–Crippen LogP) is 3.36. The van der Waals surface area contributed by atoms with Crippen LogP contribution in [0.15, 0.2) is 42.6 Å². The van der Waals surface area contributed by atoms with Gasteiger partial charge in [-0.3, -0.25) is 67.1 Å². The molecule has 2 aromatic rings. The molecule has 0 bridgehead atoms. The van der Waals surface area contributed by atoms with Gasteiger partial charge in [0.25, 0.3) is 0 Å². The molecule has 0 fully saturated rings. The van der Waals surface area contributed by atoms with Crippen LogP contribution in [0, 0.1) is 29.1 Å². The van der Waals surface area contributed by atoms with Crippen LogP contribution in [0.1, 0.15) is 185 Å². The van der Waals surface area contributed by atoms with Crippen molar-refractivity contribution < 1.29 is 67.1 Å². The quantitative estimate of drug-likeness (QED) is 0.0386. The summed E-state index contributed by atoms with van der Waals surface area (Å²) in [6, 6.07) is -1.26. The van der Waals surface area contributed by atoms with Gasteiger partial charge in [0, 0.05) is 66.6 Å². The molecule has 3 rings (SSSR count). The number of H-pyrrole nitrogens is 1. The molecule has 0 saturated carbocycles. The average molecular weight is 1270 g/mol. The number of fused-ring (bicyclic) bond motifs is 1. The van der Waals surface area contributed by atoms with Gasteiger partial charge in [0.05, 0.1) is 36.1 Å². The van der Waals surface area contributed by atoms with Crippen LogP contribution in [-0.4, -0.2) is 141 Å². The first kappa shape index (κ1) is 77.6. The second-order valence-corrected chi connectivity index (χ2v) is 25.8. The normalized spacial score (nSPS) is 24.0. The fourth-order valence-electron chi connectivity index (χ4n) is 10.9. The van der Waals surface area contributed by atoms with Crippen molar-refractivity contribution in [2.45, 2.75) is 234 Å². The third kappa shape index (κ3) is 25.2. The van der Waals surface area contributed by atoms with Crippen LogP contribution >= 0.6 is 0 Å². The molecular formula is C66H101N11O14. The number of hydrogen-bond donors (Lipinski definition) is 11. The fraction of sp³-hybridized carbons (Fsp3) is 0.636. The lowest BCUT2D eigenvalue weighted by Crippen LogP contribution is -2.62. The van der Waals surface area contributed by atoms with Crippen molar-refractivity contribution in [1.29, 1.82) is 0 Å². The van der Waals surface area contributed by atoms with Crippen LogP contribution < -0.4 is 54.2 Å². The second-order valence-electron chi connectivity index (χ2n) is 25.8. The molecule has 13 N–H and O–H groups in total. The number of Topliss-reactive ketones (excluding diaryl/α,β-unsaturated/α-hetero) is 7. The van der Waals surface area contributed by atoms with Gasteiger partial charge in [-0.2, -0.15) is 0 Å². The number of para-hydroxylation sites is 1. The van der Waals surface area contributed by atoms with Crippen LogP contribution in [0.2, 0.25) is 0 Å². The molecule has 25 nitrogen and oxygen atoms in total. The van der Waals surface area contributed by atoms with Crippen LogP contribution in [0.4, 0.5) is 0 Å². The Morgan fingerprint density at radius 3 is 1.90 bits per heavy atom. The van der Waals surface area contributed by atoms with Crippen molar-refractivity contribution in [2.24, 2.45) is 40.6 Å². The highest BCUT2D eigenvalue weighted by atomic mass is 16.2. The first-order chi connectivity index (χ1) is 42.6. The van der Waals surface area contributed by atoms with Gasteiger partial charge in [-0.05, 0) is 131 Å². The number of aromatic amines is 1. The molecule has 2 heterocycles. The minimum atomic E-state index is -1.67. The Morgan fingerprint density at radius 1 is 0.681 bits per heavy atom. The van der Waals surface area contributed by atoms with E-state index >= 15 is 0 Å². The monoisotopic (exact) mass is 1270 g/mol. The maximum atomic E-state index is 14.6. The molecule has 1 aliphatic rings. The van der Waals surface area contributed by atoms with E-state index in [4.69, 9.17) is 11.5 Å². The summed E-state index contributed by atoms with van der Waals surface area (Å²) in [4.78, 5) is 192. The Balaban J connectivity index is 1.89. The van der Waals surface area contributed by atoms with E-state index in [2.05, 4.69) is 47.7 Å². The Kier molecular flexibility index (Phi) is 31.6. The van der Waals surface area contributed by atoms with Crippen LogP contribution in [0.3, 0.4) is 0 Å². The number of hydrazine groups is 1. The van der Waals surface area contributed by atoms with Gasteiger partial charge < -0.3 is 48.4 Å². The molecule has 1 aliphatic heterocycles. The summed E-state index contributed by atoms with van der Waals surface area (Å²) in [7, 11) is 0. The zero-order chi connectivity index (χ0) is 68.5. The van der Waals surface area contributed by atoms with Crippen molar-refractivity contribution in [3.63, 3.8) is 0 Å². The number of primary amides is 2. The first-order valence-corrected chi connectivity index (χ1v) is 31.9. The average Bonchev–Trinajstić information content (AvgIpc) is 2.72. The van der Waals surface area contributed by atoms with Crippen LogP contribution in [-0.2, 0) is 73.5 Å². The highest BCUT2D eigenvalue weighted by molar-refractivity contribution is 6.41. The van der Waals surface area contributed by atoms with Gasteiger partial charge in [0.2, 0.25) is 64.5 Å². The maximum absolute atomic E-state index is 14.6. The van der Waals surface area contributed by atoms with Gasteiger partial charge in [-0.15, -0.1) is 0 Å². The molecule has 0 spiro atoms. The Labute approximate surface area is 534 Å². The van der Waals surface area contributed by atoms with Crippen molar-refractivity contribution in [2.75, 3.05) is 6.54 Å². The van der Waals surface area contributed by atoms with Crippen molar-refractivity contribution in [1.82, 2.24) is 47.7 Å². The van der Waals surface area contributed by atoms with E-state index in [1.54, 1.807) is 13.1 Å². The standard InChI is InChI=1S/C66H101N11O14/c1-37(2)30-48-36-70-51(26-27-54(67)81)58(85)56(83)42(7)72-62(89)46(32-47-35-69-50-25-21-20-24-49(47)50)33-53(80)65(11,34-39(4)78)28-22-18-16-14-13-15-17-19-23-29-66(12,75-63(48)90)64(91)74-45(10)61(88)73-44(9)60(87)71-41(6)55(82)57(84)43(8)77-76-40(5)52(79)31-38(3)59(68)86/h15,17,20-21,24-25,35,37-38,40-46,48,51,69-70,76-77H,13-14,16,18-19,22-23,26-34,36H2,1-12H3,(H2,67,81)(H2,68,86)(H,71,87)(H,72,89)(H,73,88)(H,74,91)(H,75,90)/b17-15+/t38-,40+,41-,42?,43-,44?,45-,46+,48+,51-,65-,66-/m0/s1. The van der Waals surface area contributed by atoms with Crippen molar-refractivity contribution in [3.8, 4) is 0 Å². The lowest BCUT2D eigenvalue weighted by Gasteiger charge is -2.33. The summed E-state index contributed by atoms with van der Waals surface area (Å²) in [6.45, 7) is 17.9. The summed E-state index contributed by atoms with van der Waals surface area (Å²) < 4.78 is 0. The maximum Gasteiger partial charge on any atom is 0.246 e. The molecule has 1 aromatic carbocycles. The zero-order valence-corrected chi connectivity index (χ0v) is 55.3. The number of hydrogen-bond acceptors (Lipinski definition) is 17. The number of ketones is 7. The number of rotatable bonds is 25. The Morgan fingerprint density at radius 2 is 1.27 bits per heavy atom. The number of carbonyl (C=O) groups is 14. The van der Waals surface area contributed by atoms with E-state index in [1.165, 1.54) is 62.3 Å². The molecule has 0 aliphatic carbocycles. The molecule has 2 unspecified atom stereocenters. The van der Waals surface area contributed by atoms with E-state index in [0.717, 1.165) is 42.1 Å². The van der Waals surface area contributed by atoms with E-state index in [0.29, 0.717) is 25.7 Å². The van der Waals surface area contributed by atoms with Gasteiger partial charge in [-0.1, -0.05) is 77.3 Å². The summed E-state index contributed by atoms with van der Waals surface area (Å²) in [5.74, 6) is -12.7. The van der Waals surface area contributed by atoms with E-state index in [9.17, 15) is 67.1 Å². The number of allylic oxidation sites excluding steroid dienone is 2. The molecular weight excluding hydrogens is 1170 g/mol. The highest BCUT2D eigenvalue weighted by Gasteiger charge is 2.41. The largest absolute Gasteiger partial charge is 0.370 e. The van der Waals surface area contributed by atoms with Gasteiger partial charge in [0.1, 0.15) is 29.2 Å². The number of aromatic nitrogens is 1. The lowest BCUT2D eigenvalue weighted by atomic mass is 9.73. The zero-order valence-electron chi connectivity index (χ0n) is 55.3. The smallest absolute Gasteiger partial charge is 0.246 e. The minimum absolute atomic E-state index is 0.0282. The van der Waals surface area contributed by atoms with E-state index in [-0.39, 0.29) is 81.2 Å². The molecule has 0 saturated heterocycles. The lowest BCUT2D eigenvalue weighted by molar-refractivity contribution is -0.141. The van der Waals surface area contributed by atoms with Gasteiger partial charge in [0.15, 0.2) is 5.78 Å². The van der Waals surface area contributed by atoms with Gasteiger partial charge >= 0.3 is 0 Å². The number of benzene rings is 1. The fourth-order valence-corrected chi connectivity index (χ4v) is 10.9. The van der Waals surface area contributed by atoms with E-state index in [1.807, 2.05) is 50.3 Å². The molecule has 25 heteroatoms. The van der Waals surface area contributed by atoms with Crippen molar-refractivity contribution in [3.05, 3.63) is 48.2 Å².